The third-order valence-electron chi connectivity index (χ3n) is 3.67. The zero-order chi connectivity index (χ0) is 16.3. The van der Waals surface area contributed by atoms with Crippen LogP contribution in [0.4, 0.5) is 5.69 Å². The minimum atomic E-state index is 0. The smallest absolute Gasteiger partial charge is 0.119 e. The Kier molecular flexibility index (Phi) is 9.78. The minimum absolute atomic E-state index is 0. The molecule has 0 fully saturated rings. The van der Waals surface area contributed by atoms with E-state index in [1.165, 1.54) is 18.5 Å². The zero-order valence-electron chi connectivity index (χ0n) is 14.6. The Morgan fingerprint density at radius 1 is 0.667 bits per heavy atom. The molecule has 2 rings (SSSR count). The lowest BCUT2D eigenvalue weighted by Crippen LogP contribution is -2.08. The van der Waals surface area contributed by atoms with Gasteiger partial charge in [-0.25, -0.2) is 0 Å². The Hall–Kier alpha value is -1.87. The van der Waals surface area contributed by atoms with Crippen molar-refractivity contribution >= 4 is 18.1 Å². The number of ether oxygens (including phenoxy) is 2. The first kappa shape index (κ1) is 20.2. The molecule has 0 amide bonds. The van der Waals surface area contributed by atoms with Gasteiger partial charge in [0, 0.05) is 19.8 Å². The van der Waals surface area contributed by atoms with E-state index in [0.717, 1.165) is 37.6 Å². The Morgan fingerprint density at radius 2 is 1.17 bits per heavy atom. The standard InChI is InChI=1S/C20H27NO2.ClH/c1-21(2)18-12-14-20(15-13-18)23-17-9-4-3-8-16-22-19-10-6-5-7-11-19;/h5-7,10-15H,3-4,8-9,16-17H2,1-2H3;1H. The first-order valence-electron chi connectivity index (χ1n) is 8.34. The van der Waals surface area contributed by atoms with Crippen LogP contribution in [0.5, 0.6) is 11.5 Å². The number of unbranched alkanes of at least 4 members (excludes halogenated alkanes) is 3. The molecule has 0 N–H and O–H groups in total. The van der Waals surface area contributed by atoms with Crippen LogP contribution >= 0.6 is 12.4 Å². The number of hydrogen-bond acceptors (Lipinski definition) is 3. The molecule has 3 nitrogen and oxygen atoms in total. The predicted octanol–water partition coefficient (Wildman–Crippen LogP) is 5.19. The maximum absolute atomic E-state index is 5.77. The highest BCUT2D eigenvalue weighted by molar-refractivity contribution is 5.85. The SMILES string of the molecule is CN(C)c1ccc(OCCCCCCOc2ccccc2)cc1.Cl. The summed E-state index contributed by atoms with van der Waals surface area (Å²) in [5, 5.41) is 0. The van der Waals surface area contributed by atoms with Gasteiger partial charge in [-0.3, -0.25) is 0 Å². The van der Waals surface area contributed by atoms with Crippen molar-refractivity contribution < 1.29 is 9.47 Å². The number of hydrogen-bond donors (Lipinski definition) is 0. The Bertz CT molecular complexity index is 543. The third-order valence-corrected chi connectivity index (χ3v) is 3.67. The summed E-state index contributed by atoms with van der Waals surface area (Å²) in [5.41, 5.74) is 1.19. The van der Waals surface area contributed by atoms with Crippen molar-refractivity contribution in [1.29, 1.82) is 0 Å². The average Bonchev–Trinajstić information content (AvgIpc) is 2.58. The average molecular weight is 350 g/mol. The molecule has 0 aliphatic carbocycles. The minimum Gasteiger partial charge on any atom is -0.494 e. The van der Waals surface area contributed by atoms with Crippen LogP contribution < -0.4 is 14.4 Å². The van der Waals surface area contributed by atoms with Crippen molar-refractivity contribution in [1.82, 2.24) is 0 Å². The van der Waals surface area contributed by atoms with Crippen LogP contribution in [-0.4, -0.2) is 27.3 Å². The second kappa shape index (κ2) is 11.6. The van der Waals surface area contributed by atoms with E-state index in [0.29, 0.717) is 0 Å². The Balaban J connectivity index is 0.00000288. The topological polar surface area (TPSA) is 21.7 Å². The van der Waals surface area contributed by atoms with Gasteiger partial charge in [-0.05, 0) is 62.1 Å². The molecule has 2 aromatic carbocycles. The Morgan fingerprint density at radius 3 is 1.67 bits per heavy atom. The zero-order valence-corrected chi connectivity index (χ0v) is 15.4. The van der Waals surface area contributed by atoms with Crippen LogP contribution in [0.1, 0.15) is 25.7 Å². The number of rotatable bonds is 10. The van der Waals surface area contributed by atoms with E-state index in [2.05, 4.69) is 17.0 Å². The highest BCUT2D eigenvalue weighted by Gasteiger charge is 1.97. The molecular weight excluding hydrogens is 322 g/mol. The molecule has 0 aromatic heterocycles. The van der Waals surface area contributed by atoms with Crippen LogP contribution in [-0.2, 0) is 0 Å². The lowest BCUT2D eigenvalue weighted by molar-refractivity contribution is 0.287. The highest BCUT2D eigenvalue weighted by atomic mass is 35.5. The first-order chi connectivity index (χ1) is 11.3. The van der Waals surface area contributed by atoms with E-state index in [4.69, 9.17) is 9.47 Å². The number of halogens is 1. The number of benzene rings is 2. The largest absolute Gasteiger partial charge is 0.494 e. The first-order valence-corrected chi connectivity index (χ1v) is 8.34. The molecule has 0 spiro atoms. The molecule has 0 atom stereocenters. The fraction of sp³-hybridized carbons (Fsp3) is 0.400. The van der Waals surface area contributed by atoms with Crippen molar-refractivity contribution in [3.8, 4) is 11.5 Å². The maximum Gasteiger partial charge on any atom is 0.119 e. The molecule has 0 aliphatic heterocycles. The molecule has 132 valence electrons. The van der Waals surface area contributed by atoms with E-state index >= 15 is 0 Å². The van der Waals surface area contributed by atoms with E-state index in [1.54, 1.807) is 0 Å². The van der Waals surface area contributed by atoms with Gasteiger partial charge in [-0.1, -0.05) is 18.2 Å². The second-order valence-electron chi connectivity index (χ2n) is 5.81. The maximum atomic E-state index is 5.77. The molecule has 0 bridgehead atoms. The van der Waals surface area contributed by atoms with E-state index in [9.17, 15) is 0 Å². The van der Waals surface area contributed by atoms with E-state index in [1.807, 2.05) is 56.6 Å². The van der Waals surface area contributed by atoms with Crippen molar-refractivity contribution in [3.63, 3.8) is 0 Å². The third kappa shape index (κ3) is 7.60. The fourth-order valence-corrected chi connectivity index (χ4v) is 2.29. The monoisotopic (exact) mass is 349 g/mol. The Labute approximate surface area is 152 Å². The lowest BCUT2D eigenvalue weighted by Gasteiger charge is -2.13. The molecular formula is C20H28ClNO2. The van der Waals surface area contributed by atoms with Crippen LogP contribution in [0, 0.1) is 0 Å². The molecule has 0 saturated heterocycles. The van der Waals surface area contributed by atoms with Crippen LogP contribution in [0.15, 0.2) is 54.6 Å². The van der Waals surface area contributed by atoms with Gasteiger partial charge < -0.3 is 14.4 Å². The van der Waals surface area contributed by atoms with Gasteiger partial charge in [0.05, 0.1) is 13.2 Å². The van der Waals surface area contributed by atoms with Gasteiger partial charge in [-0.2, -0.15) is 0 Å². The lowest BCUT2D eigenvalue weighted by atomic mass is 10.2. The normalized spacial score (nSPS) is 9.92. The molecule has 0 saturated carbocycles. The molecule has 24 heavy (non-hydrogen) atoms. The van der Waals surface area contributed by atoms with E-state index in [-0.39, 0.29) is 12.4 Å². The second-order valence-corrected chi connectivity index (χ2v) is 5.81. The highest BCUT2D eigenvalue weighted by Crippen LogP contribution is 2.18. The quantitative estimate of drug-likeness (QED) is 0.551. The molecule has 0 unspecified atom stereocenters. The predicted molar refractivity (Wildman–Crippen MR) is 104 cm³/mol. The summed E-state index contributed by atoms with van der Waals surface area (Å²) in [5.74, 6) is 1.90. The number of para-hydroxylation sites is 1. The van der Waals surface area contributed by atoms with Gasteiger partial charge in [0.25, 0.3) is 0 Å². The summed E-state index contributed by atoms with van der Waals surface area (Å²) < 4.78 is 11.4. The van der Waals surface area contributed by atoms with Crippen molar-refractivity contribution in [3.05, 3.63) is 54.6 Å². The summed E-state index contributed by atoms with van der Waals surface area (Å²) in [6.07, 6.45) is 4.52. The van der Waals surface area contributed by atoms with E-state index < -0.39 is 0 Å². The number of nitrogens with zero attached hydrogens (tertiary/aromatic N) is 1. The van der Waals surface area contributed by atoms with Crippen LogP contribution in [0.2, 0.25) is 0 Å². The van der Waals surface area contributed by atoms with Crippen LogP contribution in [0.3, 0.4) is 0 Å². The summed E-state index contributed by atoms with van der Waals surface area (Å²) in [6, 6.07) is 18.2. The van der Waals surface area contributed by atoms with Gasteiger partial charge in [0.1, 0.15) is 11.5 Å². The van der Waals surface area contributed by atoms with Gasteiger partial charge >= 0.3 is 0 Å². The summed E-state index contributed by atoms with van der Waals surface area (Å²) in [6.45, 7) is 1.57. The van der Waals surface area contributed by atoms with Crippen molar-refractivity contribution in [2.24, 2.45) is 0 Å². The summed E-state index contributed by atoms with van der Waals surface area (Å²) >= 11 is 0. The number of anilines is 1. The van der Waals surface area contributed by atoms with Crippen molar-refractivity contribution in [2.75, 3.05) is 32.2 Å². The molecule has 4 heteroatoms. The summed E-state index contributed by atoms with van der Waals surface area (Å²) in [7, 11) is 4.08. The molecule has 0 radical (unpaired) electrons. The van der Waals surface area contributed by atoms with Crippen molar-refractivity contribution in [2.45, 2.75) is 25.7 Å². The molecule has 0 aliphatic rings. The molecule has 2 aromatic rings. The van der Waals surface area contributed by atoms with Gasteiger partial charge in [-0.15, -0.1) is 12.4 Å². The van der Waals surface area contributed by atoms with Crippen LogP contribution in [0.25, 0.3) is 0 Å². The molecule has 0 heterocycles. The van der Waals surface area contributed by atoms with Gasteiger partial charge in [0.15, 0.2) is 0 Å². The van der Waals surface area contributed by atoms with Gasteiger partial charge in [0.2, 0.25) is 0 Å². The fourth-order valence-electron chi connectivity index (χ4n) is 2.29. The summed E-state index contributed by atoms with van der Waals surface area (Å²) in [4.78, 5) is 2.08.